The van der Waals surface area contributed by atoms with Gasteiger partial charge < -0.3 is 5.32 Å². The summed E-state index contributed by atoms with van der Waals surface area (Å²) in [5.74, 6) is 0.572. The van der Waals surface area contributed by atoms with Crippen LogP contribution in [0.2, 0.25) is 0 Å². The molecule has 0 spiro atoms. The van der Waals surface area contributed by atoms with E-state index in [0.717, 1.165) is 22.8 Å². The molecule has 0 aliphatic heterocycles. The molecule has 124 valence electrons. The highest BCUT2D eigenvalue weighted by atomic mass is 32.1. The molecule has 0 aromatic carbocycles. The third-order valence-corrected chi connectivity index (χ3v) is 4.95. The van der Waals surface area contributed by atoms with Gasteiger partial charge in [0, 0.05) is 24.0 Å². The van der Waals surface area contributed by atoms with E-state index in [1.165, 1.54) is 4.88 Å². The van der Waals surface area contributed by atoms with Crippen molar-refractivity contribution in [1.82, 2.24) is 25.1 Å². The van der Waals surface area contributed by atoms with Crippen molar-refractivity contribution in [2.45, 2.75) is 27.2 Å². The van der Waals surface area contributed by atoms with Gasteiger partial charge in [0.1, 0.15) is 0 Å². The van der Waals surface area contributed by atoms with Crippen LogP contribution in [0.4, 0.5) is 0 Å². The number of carbonyl (C=O) groups excluding carboxylic acids is 1. The summed E-state index contributed by atoms with van der Waals surface area (Å²) >= 11 is 1.68. The molecule has 3 heterocycles. The minimum atomic E-state index is -0.125. The van der Waals surface area contributed by atoms with Gasteiger partial charge in [-0.3, -0.25) is 4.79 Å². The zero-order valence-electron chi connectivity index (χ0n) is 13.9. The minimum absolute atomic E-state index is 0.125. The number of hydrogen-bond donors (Lipinski definition) is 1. The Morgan fingerprint density at radius 1 is 1.29 bits per heavy atom. The number of pyridine rings is 1. The van der Waals surface area contributed by atoms with Crippen LogP contribution in [0, 0.1) is 20.8 Å². The number of nitrogens with zero attached hydrogens (tertiary/aromatic N) is 4. The highest BCUT2D eigenvalue weighted by Gasteiger charge is 2.15. The lowest BCUT2D eigenvalue weighted by molar-refractivity contribution is 0.0953. The Hall–Kier alpha value is -2.54. The van der Waals surface area contributed by atoms with Crippen molar-refractivity contribution < 1.29 is 4.79 Å². The molecule has 24 heavy (non-hydrogen) atoms. The van der Waals surface area contributed by atoms with Crippen LogP contribution in [-0.2, 0) is 6.42 Å². The molecule has 0 saturated carbocycles. The Labute approximate surface area is 144 Å². The predicted molar refractivity (Wildman–Crippen MR) is 93.7 cm³/mol. The van der Waals surface area contributed by atoms with E-state index in [1.54, 1.807) is 28.4 Å². The summed E-state index contributed by atoms with van der Waals surface area (Å²) in [5, 5.41) is 8.25. The van der Waals surface area contributed by atoms with Gasteiger partial charge in [-0.15, -0.1) is 11.3 Å². The number of aryl methyl sites for hydroxylation is 2. The monoisotopic (exact) mass is 341 g/mol. The number of nitrogens with one attached hydrogen (secondary N) is 1. The van der Waals surface area contributed by atoms with E-state index in [1.807, 2.05) is 32.0 Å². The van der Waals surface area contributed by atoms with Crippen molar-refractivity contribution in [3.63, 3.8) is 0 Å². The number of amides is 1. The maximum absolute atomic E-state index is 12.4. The van der Waals surface area contributed by atoms with Crippen molar-refractivity contribution in [3.05, 3.63) is 57.4 Å². The smallest absolute Gasteiger partial charge is 0.254 e. The van der Waals surface area contributed by atoms with Crippen molar-refractivity contribution in [3.8, 4) is 5.82 Å². The fourth-order valence-corrected chi connectivity index (χ4v) is 3.30. The van der Waals surface area contributed by atoms with E-state index in [2.05, 4.69) is 27.3 Å². The van der Waals surface area contributed by atoms with E-state index in [0.29, 0.717) is 17.9 Å². The number of aromatic nitrogens is 4. The summed E-state index contributed by atoms with van der Waals surface area (Å²) in [6.07, 6.45) is 4.02. The predicted octanol–water partition coefficient (Wildman–Crippen LogP) is 2.62. The lowest BCUT2D eigenvalue weighted by atomic mass is 10.2. The standard InChI is InChI=1S/C17H19N5OS/c1-11-13(3)24-16(21-11)7-9-19-17(23)14-10-20-22(12(14)2)15-6-4-5-8-18-15/h4-6,8,10H,7,9H2,1-3H3,(H,19,23). The topological polar surface area (TPSA) is 72.7 Å². The van der Waals surface area contributed by atoms with Gasteiger partial charge in [-0.1, -0.05) is 6.07 Å². The molecule has 0 unspecified atom stereocenters. The molecule has 3 aromatic heterocycles. The summed E-state index contributed by atoms with van der Waals surface area (Å²) < 4.78 is 1.67. The highest BCUT2D eigenvalue weighted by Crippen LogP contribution is 2.16. The lowest BCUT2D eigenvalue weighted by Crippen LogP contribution is -2.26. The third kappa shape index (κ3) is 3.35. The van der Waals surface area contributed by atoms with Gasteiger partial charge >= 0.3 is 0 Å². The fraction of sp³-hybridized carbons (Fsp3) is 0.294. The molecule has 0 bridgehead atoms. The van der Waals surface area contributed by atoms with E-state index in [-0.39, 0.29) is 5.91 Å². The average molecular weight is 341 g/mol. The first-order valence-electron chi connectivity index (χ1n) is 7.73. The molecule has 0 atom stereocenters. The Bertz CT molecular complexity index is 834. The molecule has 7 heteroatoms. The number of rotatable bonds is 5. The number of thiazole rings is 1. The number of hydrogen-bond acceptors (Lipinski definition) is 5. The quantitative estimate of drug-likeness (QED) is 0.774. The van der Waals surface area contributed by atoms with Crippen LogP contribution in [0.5, 0.6) is 0 Å². The first kappa shape index (κ1) is 16.3. The molecular formula is C17H19N5OS. The molecule has 0 aliphatic carbocycles. The largest absolute Gasteiger partial charge is 0.352 e. The van der Waals surface area contributed by atoms with Crippen molar-refractivity contribution in [2.75, 3.05) is 6.54 Å². The summed E-state index contributed by atoms with van der Waals surface area (Å²) in [7, 11) is 0. The molecule has 0 saturated heterocycles. The van der Waals surface area contributed by atoms with Crippen molar-refractivity contribution in [1.29, 1.82) is 0 Å². The second kappa shape index (κ2) is 6.92. The van der Waals surface area contributed by atoms with Crippen LogP contribution >= 0.6 is 11.3 Å². The molecule has 6 nitrogen and oxygen atoms in total. The Morgan fingerprint density at radius 3 is 2.79 bits per heavy atom. The summed E-state index contributed by atoms with van der Waals surface area (Å²) in [6.45, 7) is 6.48. The van der Waals surface area contributed by atoms with Gasteiger partial charge in [-0.25, -0.2) is 14.6 Å². The summed E-state index contributed by atoms with van der Waals surface area (Å²) in [5.41, 5.74) is 2.40. The highest BCUT2D eigenvalue weighted by molar-refractivity contribution is 7.11. The van der Waals surface area contributed by atoms with Gasteiger partial charge in [0.25, 0.3) is 5.91 Å². The molecule has 0 radical (unpaired) electrons. The van der Waals surface area contributed by atoms with Gasteiger partial charge in [-0.2, -0.15) is 5.10 Å². The van der Waals surface area contributed by atoms with E-state index in [9.17, 15) is 4.79 Å². The molecule has 3 rings (SSSR count). The zero-order valence-corrected chi connectivity index (χ0v) is 14.7. The van der Waals surface area contributed by atoms with Crippen LogP contribution in [0.15, 0.2) is 30.6 Å². The van der Waals surface area contributed by atoms with Crippen LogP contribution in [0.1, 0.15) is 31.6 Å². The average Bonchev–Trinajstić information content (AvgIpc) is 3.11. The van der Waals surface area contributed by atoms with Gasteiger partial charge in [0.15, 0.2) is 5.82 Å². The zero-order chi connectivity index (χ0) is 17.1. The van der Waals surface area contributed by atoms with E-state index < -0.39 is 0 Å². The molecule has 0 aliphatic rings. The Morgan fingerprint density at radius 2 is 2.12 bits per heavy atom. The normalized spacial score (nSPS) is 10.8. The maximum atomic E-state index is 12.4. The van der Waals surface area contributed by atoms with Crippen molar-refractivity contribution in [2.24, 2.45) is 0 Å². The first-order chi connectivity index (χ1) is 11.6. The fourth-order valence-electron chi connectivity index (χ4n) is 2.37. The SMILES string of the molecule is Cc1nc(CCNC(=O)c2cnn(-c3ccccn3)c2C)sc1C. The van der Waals surface area contributed by atoms with Gasteiger partial charge in [0.2, 0.25) is 0 Å². The Balaban J connectivity index is 1.64. The van der Waals surface area contributed by atoms with E-state index in [4.69, 9.17) is 0 Å². The molecule has 3 aromatic rings. The van der Waals surface area contributed by atoms with Crippen LogP contribution in [0.3, 0.4) is 0 Å². The van der Waals surface area contributed by atoms with Crippen molar-refractivity contribution >= 4 is 17.2 Å². The van der Waals surface area contributed by atoms with E-state index >= 15 is 0 Å². The maximum Gasteiger partial charge on any atom is 0.254 e. The summed E-state index contributed by atoms with van der Waals surface area (Å²) in [4.78, 5) is 22.3. The molecule has 1 N–H and O–H groups in total. The van der Waals surface area contributed by atoms with Gasteiger partial charge in [0.05, 0.1) is 28.2 Å². The van der Waals surface area contributed by atoms with Crippen LogP contribution < -0.4 is 5.32 Å². The second-order valence-electron chi connectivity index (χ2n) is 5.50. The molecule has 0 fully saturated rings. The molecule has 1 amide bonds. The number of carbonyl (C=O) groups is 1. The lowest BCUT2D eigenvalue weighted by Gasteiger charge is -2.05. The molecular weight excluding hydrogens is 322 g/mol. The Kier molecular flexibility index (Phi) is 4.71. The first-order valence-corrected chi connectivity index (χ1v) is 8.55. The third-order valence-electron chi connectivity index (χ3n) is 3.82. The summed E-state index contributed by atoms with van der Waals surface area (Å²) in [6, 6.07) is 5.59. The second-order valence-corrected chi connectivity index (χ2v) is 6.79. The van der Waals surface area contributed by atoms with Gasteiger partial charge in [-0.05, 0) is 32.9 Å². The minimum Gasteiger partial charge on any atom is -0.352 e. The van der Waals surface area contributed by atoms with Crippen LogP contribution in [0.25, 0.3) is 5.82 Å². The van der Waals surface area contributed by atoms with Crippen LogP contribution in [-0.4, -0.2) is 32.2 Å².